The van der Waals surface area contributed by atoms with Gasteiger partial charge < -0.3 is 64.4 Å². The first-order chi connectivity index (χ1) is 21.3. The minimum atomic E-state index is -0.547. The number of nitrogens with one attached hydrogen (secondary N) is 3. The van der Waals surface area contributed by atoms with Crippen LogP contribution in [0.4, 0.5) is 0 Å². The lowest BCUT2D eigenvalue weighted by Gasteiger charge is -2.09. The Kier molecular flexibility index (Phi) is 29.7. The molecule has 0 spiro atoms. The molecule has 0 aromatic rings. The van der Waals surface area contributed by atoms with Crippen molar-refractivity contribution < 1.29 is 61.9 Å². The van der Waals surface area contributed by atoms with E-state index < -0.39 is 5.91 Å². The number of Topliss-reactive ketones (excluding diaryl/α,β-unsaturated/α-hetero) is 1. The molecule has 0 aliphatic carbocycles. The first kappa shape index (κ1) is 41.2. The van der Waals surface area contributed by atoms with E-state index in [0.717, 1.165) is 0 Å². The lowest BCUT2D eigenvalue weighted by Crippen LogP contribution is -2.32. The van der Waals surface area contributed by atoms with Crippen LogP contribution in [0.2, 0.25) is 0 Å². The van der Waals surface area contributed by atoms with Gasteiger partial charge in [-0.15, -0.1) is 0 Å². The van der Waals surface area contributed by atoms with Gasteiger partial charge in [-0.05, 0) is 13.3 Å². The minimum absolute atomic E-state index is 0.0782. The van der Waals surface area contributed by atoms with Gasteiger partial charge in [-0.1, -0.05) is 0 Å². The summed E-state index contributed by atoms with van der Waals surface area (Å²) in [4.78, 5) is 56.3. The molecule has 0 fully saturated rings. The Morgan fingerprint density at radius 1 is 0.455 bits per heavy atom. The number of ether oxygens (including phenoxy) is 8. The van der Waals surface area contributed by atoms with E-state index in [9.17, 15) is 24.0 Å². The van der Waals surface area contributed by atoms with Crippen molar-refractivity contribution in [3.63, 3.8) is 0 Å². The van der Waals surface area contributed by atoms with Crippen molar-refractivity contribution in [3.8, 4) is 0 Å². The lowest BCUT2D eigenvalue weighted by atomic mass is 10.2. The van der Waals surface area contributed by atoms with E-state index in [2.05, 4.69) is 16.0 Å². The third kappa shape index (κ3) is 33.7. The molecule has 0 aromatic carbocycles. The smallest absolute Gasteiger partial charge is 0.246 e. The van der Waals surface area contributed by atoms with E-state index in [4.69, 9.17) is 43.6 Å². The SMILES string of the molecule is CC(=O)CCCOCCOCC(=O)NCCOCCOCC(=O)NCCOCCOCC(=O)NCCOCCOCC(N)=O. The van der Waals surface area contributed by atoms with Crippen molar-refractivity contribution >= 4 is 29.4 Å². The van der Waals surface area contributed by atoms with Gasteiger partial charge in [0.05, 0.1) is 72.7 Å². The van der Waals surface area contributed by atoms with Crippen molar-refractivity contribution in [2.24, 2.45) is 5.73 Å². The highest BCUT2D eigenvalue weighted by molar-refractivity contribution is 5.78. The molecule has 0 aromatic heterocycles. The number of nitrogens with two attached hydrogens (primary N) is 1. The Bertz CT molecular complexity index is 714. The molecule has 0 aliphatic rings. The standard InChI is InChI=1S/C27H50N4O13/c1-23(32)3-2-7-37-11-16-42-20-25(34)30-5-9-39-13-18-44-22-27(36)31-6-10-40-14-17-43-21-26(35)29-4-8-38-12-15-41-19-24(28)33/h2-22H2,1H3,(H2,28,33)(H,29,35)(H,30,34)(H,31,36). The van der Waals surface area contributed by atoms with Crippen molar-refractivity contribution in [2.75, 3.05) is 125 Å². The highest BCUT2D eigenvalue weighted by Gasteiger charge is 2.04. The molecule has 0 unspecified atom stereocenters. The third-order valence-electron chi connectivity index (χ3n) is 4.96. The zero-order valence-electron chi connectivity index (χ0n) is 25.7. The number of amides is 4. The van der Waals surface area contributed by atoms with Gasteiger partial charge in [-0.2, -0.15) is 0 Å². The quantitative estimate of drug-likeness (QED) is 0.0539. The topological polar surface area (TPSA) is 221 Å². The Morgan fingerprint density at radius 2 is 0.773 bits per heavy atom. The zero-order chi connectivity index (χ0) is 32.5. The second kappa shape index (κ2) is 31.6. The Balaban J connectivity index is 3.34. The summed E-state index contributed by atoms with van der Waals surface area (Å²) in [5.41, 5.74) is 4.93. The Labute approximate surface area is 258 Å². The number of carbonyl (C=O) groups excluding carboxylic acids is 5. The number of rotatable bonds is 33. The molecule has 4 amide bonds. The number of primary amides is 1. The van der Waals surface area contributed by atoms with Gasteiger partial charge in [0.25, 0.3) is 0 Å². The second-order valence-corrected chi connectivity index (χ2v) is 8.98. The van der Waals surface area contributed by atoms with Gasteiger partial charge in [-0.25, -0.2) is 0 Å². The van der Waals surface area contributed by atoms with Gasteiger partial charge in [0.2, 0.25) is 23.6 Å². The molecule has 0 rings (SSSR count). The van der Waals surface area contributed by atoms with E-state index in [1.807, 2.05) is 0 Å². The summed E-state index contributed by atoms with van der Waals surface area (Å²) in [7, 11) is 0. The van der Waals surface area contributed by atoms with Crippen molar-refractivity contribution in [2.45, 2.75) is 19.8 Å². The van der Waals surface area contributed by atoms with Crippen molar-refractivity contribution in [1.29, 1.82) is 0 Å². The molecule has 0 heterocycles. The van der Waals surface area contributed by atoms with Crippen LogP contribution in [0.3, 0.4) is 0 Å². The maximum absolute atomic E-state index is 11.7. The zero-order valence-corrected chi connectivity index (χ0v) is 25.7. The normalized spacial score (nSPS) is 10.8. The summed E-state index contributed by atoms with van der Waals surface area (Å²) < 4.78 is 41.8. The number of carbonyl (C=O) groups is 5. The van der Waals surface area contributed by atoms with Crippen molar-refractivity contribution in [1.82, 2.24) is 16.0 Å². The summed E-state index contributed by atoms with van der Waals surface area (Å²) in [5.74, 6) is -1.26. The van der Waals surface area contributed by atoms with Gasteiger partial charge in [-0.3, -0.25) is 19.2 Å². The van der Waals surface area contributed by atoms with E-state index in [-0.39, 0.29) is 96.2 Å². The molecule has 17 nitrogen and oxygen atoms in total. The number of ketones is 1. The van der Waals surface area contributed by atoms with Gasteiger partial charge in [0, 0.05) is 32.7 Å². The minimum Gasteiger partial charge on any atom is -0.379 e. The third-order valence-corrected chi connectivity index (χ3v) is 4.96. The first-order valence-electron chi connectivity index (χ1n) is 14.5. The number of hydrogen-bond donors (Lipinski definition) is 4. The van der Waals surface area contributed by atoms with Crippen LogP contribution >= 0.6 is 0 Å². The summed E-state index contributed by atoms with van der Waals surface area (Å²) in [6.45, 7) is 5.48. The fourth-order valence-corrected chi connectivity index (χ4v) is 2.91. The molecular weight excluding hydrogens is 588 g/mol. The average molecular weight is 639 g/mol. The highest BCUT2D eigenvalue weighted by atomic mass is 16.5. The first-order valence-corrected chi connectivity index (χ1v) is 14.5. The van der Waals surface area contributed by atoms with Crippen LogP contribution in [0.15, 0.2) is 0 Å². The maximum atomic E-state index is 11.7. The lowest BCUT2D eigenvalue weighted by molar-refractivity contribution is -0.128. The molecule has 0 atom stereocenters. The Hall–Kier alpha value is -2.77. The van der Waals surface area contributed by atoms with Crippen molar-refractivity contribution in [3.05, 3.63) is 0 Å². The largest absolute Gasteiger partial charge is 0.379 e. The van der Waals surface area contributed by atoms with Crippen LogP contribution in [0.1, 0.15) is 19.8 Å². The van der Waals surface area contributed by atoms with Crippen LogP contribution < -0.4 is 21.7 Å². The van der Waals surface area contributed by atoms with Gasteiger partial charge in [0.15, 0.2) is 0 Å². The molecule has 0 saturated carbocycles. The average Bonchev–Trinajstić information content (AvgIpc) is 2.98. The summed E-state index contributed by atoms with van der Waals surface area (Å²) in [6.07, 6.45) is 1.17. The van der Waals surface area contributed by atoms with E-state index in [0.29, 0.717) is 65.5 Å². The van der Waals surface area contributed by atoms with Crippen LogP contribution in [-0.4, -0.2) is 155 Å². The molecule has 0 bridgehead atoms. The molecule has 0 saturated heterocycles. The van der Waals surface area contributed by atoms with E-state index in [1.54, 1.807) is 0 Å². The fraction of sp³-hybridized carbons (Fsp3) is 0.815. The molecule has 256 valence electrons. The van der Waals surface area contributed by atoms with Crippen LogP contribution in [0.25, 0.3) is 0 Å². The molecule has 17 heteroatoms. The van der Waals surface area contributed by atoms with Crippen LogP contribution in [0.5, 0.6) is 0 Å². The Morgan fingerprint density at radius 3 is 1.11 bits per heavy atom. The number of hydrogen-bond acceptors (Lipinski definition) is 13. The van der Waals surface area contributed by atoms with E-state index >= 15 is 0 Å². The summed E-state index contributed by atoms with van der Waals surface area (Å²) in [6, 6.07) is 0. The highest BCUT2D eigenvalue weighted by Crippen LogP contribution is 1.91. The molecule has 0 radical (unpaired) electrons. The second-order valence-electron chi connectivity index (χ2n) is 8.98. The maximum Gasteiger partial charge on any atom is 0.246 e. The molecule has 0 aliphatic heterocycles. The van der Waals surface area contributed by atoms with Crippen LogP contribution in [-0.2, 0) is 61.9 Å². The molecule has 5 N–H and O–H groups in total. The predicted octanol–water partition coefficient (Wildman–Crippen LogP) is -2.68. The monoisotopic (exact) mass is 638 g/mol. The fourth-order valence-electron chi connectivity index (χ4n) is 2.91. The summed E-state index contributed by atoms with van der Waals surface area (Å²) >= 11 is 0. The van der Waals surface area contributed by atoms with Gasteiger partial charge in [0.1, 0.15) is 32.2 Å². The van der Waals surface area contributed by atoms with Crippen LogP contribution in [0, 0.1) is 0 Å². The molecular formula is C27H50N4O13. The van der Waals surface area contributed by atoms with E-state index in [1.165, 1.54) is 6.92 Å². The van der Waals surface area contributed by atoms with Gasteiger partial charge >= 0.3 is 0 Å². The predicted molar refractivity (Wildman–Crippen MR) is 155 cm³/mol. The summed E-state index contributed by atoms with van der Waals surface area (Å²) in [5, 5.41) is 7.93. The molecule has 44 heavy (non-hydrogen) atoms.